The number of hydrogen-bond donors (Lipinski definition) is 3. The summed E-state index contributed by atoms with van der Waals surface area (Å²) < 4.78 is 0. The molecule has 0 amide bonds. The molecule has 0 aromatic heterocycles. The number of aliphatic hydroxyl groups excluding tert-OH is 3. The van der Waals surface area contributed by atoms with Crippen LogP contribution in [0, 0.1) is 12.3 Å². The van der Waals surface area contributed by atoms with Crippen LogP contribution in [0.3, 0.4) is 0 Å². The summed E-state index contributed by atoms with van der Waals surface area (Å²) >= 11 is 0. The van der Waals surface area contributed by atoms with Crippen molar-refractivity contribution in [3.8, 4) is 0 Å². The zero-order valence-corrected chi connectivity index (χ0v) is 8.79. The summed E-state index contributed by atoms with van der Waals surface area (Å²) in [5.74, 6) is 0. The average molecular weight is 191 g/mol. The van der Waals surface area contributed by atoms with E-state index in [1.165, 1.54) is 6.42 Å². The third-order valence-electron chi connectivity index (χ3n) is 2.11. The summed E-state index contributed by atoms with van der Waals surface area (Å²) in [4.78, 5) is 0. The minimum Gasteiger partial charge on any atom is -0.396 e. The molecule has 0 aliphatic heterocycles. The van der Waals surface area contributed by atoms with Crippen LogP contribution in [0.2, 0.25) is 0 Å². The molecule has 0 rings (SSSR count). The highest BCUT2D eigenvalue weighted by Crippen LogP contribution is 2.18. The number of rotatable bonds is 5. The summed E-state index contributed by atoms with van der Waals surface area (Å²) in [7, 11) is 0. The number of aliphatic hydroxyl groups is 3. The molecule has 0 aromatic rings. The van der Waals surface area contributed by atoms with Gasteiger partial charge in [0, 0.05) is 5.41 Å². The molecule has 0 saturated carbocycles. The Morgan fingerprint density at radius 3 is 1.31 bits per heavy atom. The molecule has 0 unspecified atom stereocenters. The van der Waals surface area contributed by atoms with E-state index in [2.05, 4.69) is 13.8 Å². The molecular weight excluding hydrogens is 168 g/mol. The third kappa shape index (κ3) is 6.99. The standard InChI is InChI=1S/C6H14O3.C4H9/c1-2-6(3-7,4-8)5-9;1-3-4-2/h7-9H,2-5H2,1H3;1,3-4H2,2H3. The van der Waals surface area contributed by atoms with E-state index in [1.54, 1.807) is 0 Å². The number of unbranched alkanes of at least 4 members (excludes halogenated alkanes) is 1. The van der Waals surface area contributed by atoms with Crippen LogP contribution >= 0.6 is 0 Å². The Morgan fingerprint density at radius 2 is 1.31 bits per heavy atom. The molecule has 13 heavy (non-hydrogen) atoms. The Hall–Kier alpha value is -0.120. The predicted octanol–water partition coefficient (Wildman–Crippen LogP) is 0.980. The van der Waals surface area contributed by atoms with E-state index < -0.39 is 5.41 Å². The fourth-order valence-corrected chi connectivity index (χ4v) is 0.485. The summed E-state index contributed by atoms with van der Waals surface area (Å²) in [6, 6.07) is 0. The first-order valence-electron chi connectivity index (χ1n) is 4.78. The van der Waals surface area contributed by atoms with E-state index in [4.69, 9.17) is 15.3 Å². The molecular formula is C10H23O3. The Kier molecular flexibility index (Phi) is 11.8. The van der Waals surface area contributed by atoms with Crippen molar-refractivity contribution in [2.24, 2.45) is 5.41 Å². The van der Waals surface area contributed by atoms with Crippen molar-refractivity contribution in [1.29, 1.82) is 0 Å². The van der Waals surface area contributed by atoms with E-state index in [1.807, 2.05) is 6.92 Å². The van der Waals surface area contributed by atoms with Crippen molar-refractivity contribution < 1.29 is 15.3 Å². The monoisotopic (exact) mass is 191 g/mol. The predicted molar refractivity (Wildman–Crippen MR) is 54.2 cm³/mol. The first-order chi connectivity index (χ1) is 6.16. The topological polar surface area (TPSA) is 60.7 Å². The van der Waals surface area contributed by atoms with Crippen molar-refractivity contribution in [3.05, 3.63) is 6.92 Å². The lowest BCUT2D eigenvalue weighted by Crippen LogP contribution is -2.32. The fourth-order valence-electron chi connectivity index (χ4n) is 0.485. The van der Waals surface area contributed by atoms with E-state index in [0.717, 1.165) is 6.42 Å². The van der Waals surface area contributed by atoms with Gasteiger partial charge in [-0.3, -0.25) is 0 Å². The van der Waals surface area contributed by atoms with Crippen molar-refractivity contribution in [3.63, 3.8) is 0 Å². The molecule has 0 aliphatic carbocycles. The zero-order valence-electron chi connectivity index (χ0n) is 8.79. The molecule has 0 fully saturated rings. The van der Waals surface area contributed by atoms with Crippen LogP contribution in [0.25, 0.3) is 0 Å². The molecule has 0 bridgehead atoms. The average Bonchev–Trinajstić information content (AvgIpc) is 2.23. The molecule has 81 valence electrons. The highest BCUT2D eigenvalue weighted by atomic mass is 16.3. The van der Waals surface area contributed by atoms with Gasteiger partial charge in [0.1, 0.15) is 0 Å². The third-order valence-corrected chi connectivity index (χ3v) is 2.11. The van der Waals surface area contributed by atoms with Gasteiger partial charge in [0.25, 0.3) is 0 Å². The van der Waals surface area contributed by atoms with Crippen molar-refractivity contribution in [2.45, 2.75) is 33.1 Å². The van der Waals surface area contributed by atoms with Crippen LogP contribution in [-0.2, 0) is 0 Å². The lowest BCUT2D eigenvalue weighted by Gasteiger charge is -2.24. The van der Waals surface area contributed by atoms with Gasteiger partial charge in [0.15, 0.2) is 0 Å². The summed E-state index contributed by atoms with van der Waals surface area (Å²) in [5.41, 5.74) is -0.667. The normalized spacial score (nSPS) is 10.6. The van der Waals surface area contributed by atoms with Gasteiger partial charge in [-0.15, -0.1) is 0 Å². The van der Waals surface area contributed by atoms with Gasteiger partial charge < -0.3 is 15.3 Å². The van der Waals surface area contributed by atoms with Gasteiger partial charge >= 0.3 is 0 Å². The largest absolute Gasteiger partial charge is 0.396 e. The van der Waals surface area contributed by atoms with Gasteiger partial charge in [0.05, 0.1) is 19.8 Å². The first kappa shape index (κ1) is 15.4. The van der Waals surface area contributed by atoms with Crippen LogP contribution in [-0.4, -0.2) is 35.1 Å². The molecule has 0 heterocycles. The van der Waals surface area contributed by atoms with Gasteiger partial charge in [-0.1, -0.05) is 33.6 Å². The molecule has 3 heteroatoms. The first-order valence-corrected chi connectivity index (χ1v) is 4.78. The Bertz CT molecular complexity index is 70.7. The lowest BCUT2D eigenvalue weighted by atomic mass is 9.88. The minimum atomic E-state index is -0.667. The lowest BCUT2D eigenvalue weighted by molar-refractivity contribution is 0.00304. The molecule has 3 nitrogen and oxygen atoms in total. The maximum absolute atomic E-state index is 8.66. The van der Waals surface area contributed by atoms with Crippen molar-refractivity contribution in [1.82, 2.24) is 0 Å². The molecule has 0 aliphatic rings. The van der Waals surface area contributed by atoms with Crippen LogP contribution in [0.1, 0.15) is 33.1 Å². The second kappa shape index (κ2) is 9.96. The Balaban J connectivity index is 0. The Labute approximate surface area is 81.4 Å². The summed E-state index contributed by atoms with van der Waals surface area (Å²) in [5, 5.41) is 26.0. The van der Waals surface area contributed by atoms with Gasteiger partial charge in [-0.2, -0.15) is 0 Å². The maximum atomic E-state index is 8.66. The Morgan fingerprint density at radius 1 is 1.00 bits per heavy atom. The van der Waals surface area contributed by atoms with Crippen molar-refractivity contribution >= 4 is 0 Å². The maximum Gasteiger partial charge on any atom is 0.0531 e. The van der Waals surface area contributed by atoms with Crippen molar-refractivity contribution in [2.75, 3.05) is 19.8 Å². The number of hydrogen-bond acceptors (Lipinski definition) is 3. The van der Waals surface area contributed by atoms with E-state index >= 15 is 0 Å². The quantitative estimate of drug-likeness (QED) is 0.607. The minimum absolute atomic E-state index is 0.156. The molecule has 0 aromatic carbocycles. The van der Waals surface area contributed by atoms with Crippen LogP contribution in [0.4, 0.5) is 0 Å². The summed E-state index contributed by atoms with van der Waals surface area (Å²) in [6.07, 6.45) is 2.87. The van der Waals surface area contributed by atoms with Gasteiger partial charge in [-0.25, -0.2) is 0 Å². The highest BCUT2D eigenvalue weighted by molar-refractivity contribution is 4.74. The van der Waals surface area contributed by atoms with Gasteiger partial charge in [0.2, 0.25) is 0 Å². The smallest absolute Gasteiger partial charge is 0.0531 e. The molecule has 0 spiro atoms. The van der Waals surface area contributed by atoms with E-state index in [0.29, 0.717) is 6.42 Å². The van der Waals surface area contributed by atoms with Crippen LogP contribution < -0.4 is 0 Å². The highest BCUT2D eigenvalue weighted by Gasteiger charge is 2.24. The molecule has 0 saturated heterocycles. The molecule has 0 atom stereocenters. The second-order valence-electron chi connectivity index (χ2n) is 3.18. The SMILES string of the molecule is CCC(CO)(CO)CO.[CH2]CCC. The molecule has 3 N–H and O–H groups in total. The van der Waals surface area contributed by atoms with Crippen LogP contribution in [0.5, 0.6) is 0 Å². The van der Waals surface area contributed by atoms with Gasteiger partial charge in [-0.05, 0) is 6.42 Å². The van der Waals surface area contributed by atoms with Crippen LogP contribution in [0.15, 0.2) is 0 Å². The molecule has 1 radical (unpaired) electrons. The van der Waals surface area contributed by atoms with E-state index in [-0.39, 0.29) is 19.8 Å². The fraction of sp³-hybridized carbons (Fsp3) is 0.900. The summed E-state index contributed by atoms with van der Waals surface area (Å²) in [6.45, 7) is 7.08. The zero-order chi connectivity index (χ0) is 10.7. The van der Waals surface area contributed by atoms with E-state index in [9.17, 15) is 0 Å². The second-order valence-corrected chi connectivity index (χ2v) is 3.18.